The van der Waals surface area contributed by atoms with Crippen LogP contribution in [0.1, 0.15) is 22.9 Å². The standard InChI is InChI=1S/C19H22N4O2S2/c1-10-11(2)26-18-15(10)16(20)22-19(23-18)27-12(3)17(24)21-9-13-5-7-14(25-4)8-6-13/h5-8,12H,9H2,1-4H3,(H,21,24)(H2,20,22,23). The lowest BCUT2D eigenvalue weighted by Gasteiger charge is -2.12. The number of carbonyl (C=O) groups is 1. The highest BCUT2D eigenvalue weighted by atomic mass is 32.2. The summed E-state index contributed by atoms with van der Waals surface area (Å²) in [5, 5.41) is 4.04. The molecule has 0 spiro atoms. The monoisotopic (exact) mass is 402 g/mol. The van der Waals surface area contributed by atoms with Crippen molar-refractivity contribution < 1.29 is 9.53 Å². The Labute approximate surface area is 166 Å². The lowest BCUT2D eigenvalue weighted by molar-refractivity contribution is -0.120. The van der Waals surface area contributed by atoms with Crippen molar-refractivity contribution in [3.63, 3.8) is 0 Å². The number of thiophene rings is 1. The van der Waals surface area contributed by atoms with Gasteiger partial charge in [-0.2, -0.15) is 0 Å². The number of nitrogens with one attached hydrogen (secondary N) is 1. The summed E-state index contributed by atoms with van der Waals surface area (Å²) in [6.07, 6.45) is 0. The number of amides is 1. The van der Waals surface area contributed by atoms with Crippen LogP contribution in [0.25, 0.3) is 10.2 Å². The Morgan fingerprint density at radius 1 is 1.30 bits per heavy atom. The van der Waals surface area contributed by atoms with Gasteiger partial charge in [-0.05, 0) is 44.0 Å². The lowest BCUT2D eigenvalue weighted by Crippen LogP contribution is -2.30. The fourth-order valence-electron chi connectivity index (χ4n) is 2.60. The van der Waals surface area contributed by atoms with E-state index in [0.29, 0.717) is 17.5 Å². The van der Waals surface area contributed by atoms with Gasteiger partial charge < -0.3 is 15.8 Å². The molecule has 1 atom stereocenters. The first kappa shape index (κ1) is 19.4. The number of aromatic nitrogens is 2. The third-order valence-electron chi connectivity index (χ3n) is 4.31. The number of aryl methyl sites for hydroxylation is 2. The van der Waals surface area contributed by atoms with Gasteiger partial charge in [0.2, 0.25) is 5.91 Å². The molecule has 3 rings (SSSR count). The van der Waals surface area contributed by atoms with E-state index < -0.39 is 0 Å². The molecule has 6 nitrogen and oxygen atoms in total. The maximum Gasteiger partial charge on any atom is 0.233 e. The second-order valence-electron chi connectivity index (χ2n) is 6.18. The number of methoxy groups -OCH3 is 1. The number of fused-ring (bicyclic) bond motifs is 1. The van der Waals surface area contributed by atoms with Crippen LogP contribution in [0.15, 0.2) is 29.4 Å². The lowest BCUT2D eigenvalue weighted by atomic mass is 10.2. The van der Waals surface area contributed by atoms with E-state index in [1.54, 1.807) is 18.4 Å². The van der Waals surface area contributed by atoms with Crippen molar-refractivity contribution in [3.05, 3.63) is 40.3 Å². The van der Waals surface area contributed by atoms with Gasteiger partial charge in [0.05, 0.1) is 17.7 Å². The third-order valence-corrected chi connectivity index (χ3v) is 6.38. The zero-order valence-corrected chi connectivity index (χ0v) is 17.3. The normalized spacial score (nSPS) is 12.1. The molecule has 2 heterocycles. The molecule has 0 aliphatic carbocycles. The molecule has 1 amide bonds. The maximum atomic E-state index is 12.4. The largest absolute Gasteiger partial charge is 0.497 e. The Bertz CT molecular complexity index is 970. The Morgan fingerprint density at radius 2 is 2.00 bits per heavy atom. The Balaban J connectivity index is 1.64. The minimum Gasteiger partial charge on any atom is -0.497 e. The number of hydrogen-bond acceptors (Lipinski definition) is 7. The summed E-state index contributed by atoms with van der Waals surface area (Å²) in [7, 11) is 1.63. The van der Waals surface area contributed by atoms with Gasteiger partial charge in [-0.1, -0.05) is 23.9 Å². The summed E-state index contributed by atoms with van der Waals surface area (Å²) < 4.78 is 5.13. The first-order valence-corrected chi connectivity index (χ1v) is 10.2. The van der Waals surface area contributed by atoms with Crippen molar-refractivity contribution in [1.82, 2.24) is 15.3 Å². The predicted octanol–water partition coefficient (Wildman–Crippen LogP) is 3.70. The summed E-state index contributed by atoms with van der Waals surface area (Å²) in [5.41, 5.74) is 8.24. The van der Waals surface area contributed by atoms with E-state index in [9.17, 15) is 4.79 Å². The van der Waals surface area contributed by atoms with Crippen LogP contribution < -0.4 is 15.8 Å². The second kappa shape index (κ2) is 8.14. The number of anilines is 1. The Hall–Kier alpha value is -2.32. The first-order chi connectivity index (χ1) is 12.9. The van der Waals surface area contributed by atoms with Crippen molar-refractivity contribution in [2.75, 3.05) is 12.8 Å². The highest BCUT2D eigenvalue weighted by molar-refractivity contribution is 8.00. The molecule has 0 radical (unpaired) electrons. The Kier molecular flexibility index (Phi) is 5.86. The van der Waals surface area contributed by atoms with E-state index in [1.807, 2.05) is 45.0 Å². The minimum absolute atomic E-state index is 0.0726. The smallest absolute Gasteiger partial charge is 0.233 e. The highest BCUT2D eigenvalue weighted by Crippen LogP contribution is 2.34. The maximum absolute atomic E-state index is 12.4. The van der Waals surface area contributed by atoms with Gasteiger partial charge in [-0.25, -0.2) is 9.97 Å². The molecule has 0 bridgehead atoms. The average Bonchev–Trinajstić information content (AvgIpc) is 2.94. The quantitative estimate of drug-likeness (QED) is 0.483. The molecule has 8 heteroatoms. The molecule has 0 saturated carbocycles. The molecular weight excluding hydrogens is 380 g/mol. The molecule has 2 aromatic heterocycles. The van der Waals surface area contributed by atoms with Crippen molar-refractivity contribution in [2.24, 2.45) is 0 Å². The average molecular weight is 403 g/mol. The number of carbonyl (C=O) groups excluding carboxylic acids is 1. The molecule has 1 unspecified atom stereocenters. The fourth-order valence-corrected chi connectivity index (χ4v) is 4.50. The number of benzene rings is 1. The minimum atomic E-state index is -0.331. The zero-order valence-electron chi connectivity index (χ0n) is 15.7. The van der Waals surface area contributed by atoms with Crippen LogP contribution in [0.3, 0.4) is 0 Å². The number of ether oxygens (including phenoxy) is 1. The molecule has 142 valence electrons. The molecule has 0 aliphatic rings. The van der Waals surface area contributed by atoms with Gasteiger partial charge in [-0.3, -0.25) is 4.79 Å². The van der Waals surface area contributed by atoms with Crippen molar-refractivity contribution >= 4 is 45.0 Å². The van der Waals surface area contributed by atoms with Crippen molar-refractivity contribution in [3.8, 4) is 5.75 Å². The van der Waals surface area contributed by atoms with Gasteiger partial charge in [0.25, 0.3) is 0 Å². The number of hydrogen-bond donors (Lipinski definition) is 2. The summed E-state index contributed by atoms with van der Waals surface area (Å²) in [6.45, 7) is 6.36. The van der Waals surface area contributed by atoms with E-state index in [-0.39, 0.29) is 11.2 Å². The molecule has 0 aliphatic heterocycles. The molecule has 3 N–H and O–H groups in total. The van der Waals surface area contributed by atoms with Gasteiger partial charge in [0.1, 0.15) is 16.4 Å². The third kappa shape index (κ3) is 4.33. The van der Waals surface area contributed by atoms with Crippen LogP contribution >= 0.6 is 23.1 Å². The molecule has 27 heavy (non-hydrogen) atoms. The first-order valence-electron chi connectivity index (χ1n) is 8.49. The SMILES string of the molecule is COc1ccc(CNC(=O)C(C)Sc2nc(N)c3c(C)c(C)sc3n2)cc1. The van der Waals surface area contributed by atoms with Crippen LogP contribution in [-0.4, -0.2) is 28.2 Å². The van der Waals surface area contributed by atoms with Gasteiger partial charge in [-0.15, -0.1) is 11.3 Å². The number of nitrogens with two attached hydrogens (primary N) is 1. The number of rotatable bonds is 6. The Morgan fingerprint density at radius 3 is 2.67 bits per heavy atom. The van der Waals surface area contributed by atoms with Crippen molar-refractivity contribution in [2.45, 2.75) is 37.7 Å². The van der Waals surface area contributed by atoms with E-state index in [0.717, 1.165) is 27.1 Å². The topological polar surface area (TPSA) is 90.1 Å². The van der Waals surface area contributed by atoms with Crippen LogP contribution in [0, 0.1) is 13.8 Å². The van der Waals surface area contributed by atoms with Crippen LogP contribution in [0.5, 0.6) is 5.75 Å². The zero-order chi connectivity index (χ0) is 19.6. The molecule has 3 aromatic rings. The summed E-state index contributed by atoms with van der Waals surface area (Å²) >= 11 is 2.91. The van der Waals surface area contributed by atoms with Crippen LogP contribution in [0.4, 0.5) is 5.82 Å². The van der Waals surface area contributed by atoms with Gasteiger partial charge in [0.15, 0.2) is 5.16 Å². The number of nitrogens with zero attached hydrogens (tertiary/aromatic N) is 2. The summed E-state index contributed by atoms with van der Waals surface area (Å²) in [6, 6.07) is 7.60. The van der Waals surface area contributed by atoms with Crippen LogP contribution in [0.2, 0.25) is 0 Å². The molecular formula is C19H22N4O2S2. The second-order valence-corrected chi connectivity index (χ2v) is 8.69. The van der Waals surface area contributed by atoms with E-state index in [1.165, 1.54) is 16.6 Å². The number of nitrogen functional groups attached to an aromatic ring is 1. The predicted molar refractivity (Wildman–Crippen MR) is 111 cm³/mol. The number of thioether (sulfide) groups is 1. The van der Waals surface area contributed by atoms with Gasteiger partial charge in [0, 0.05) is 11.4 Å². The summed E-state index contributed by atoms with van der Waals surface area (Å²) in [4.78, 5) is 23.4. The van der Waals surface area contributed by atoms with E-state index in [4.69, 9.17) is 10.5 Å². The molecule has 0 saturated heterocycles. The van der Waals surface area contributed by atoms with Crippen LogP contribution in [-0.2, 0) is 11.3 Å². The van der Waals surface area contributed by atoms with E-state index in [2.05, 4.69) is 15.3 Å². The fraction of sp³-hybridized carbons (Fsp3) is 0.316. The molecule has 0 fully saturated rings. The van der Waals surface area contributed by atoms with E-state index >= 15 is 0 Å². The van der Waals surface area contributed by atoms with Gasteiger partial charge >= 0.3 is 0 Å². The summed E-state index contributed by atoms with van der Waals surface area (Å²) in [5.74, 6) is 1.19. The van der Waals surface area contributed by atoms with Crippen molar-refractivity contribution in [1.29, 1.82) is 0 Å². The molecule has 1 aromatic carbocycles. The highest BCUT2D eigenvalue weighted by Gasteiger charge is 2.18.